The molecule has 0 fully saturated rings. The Kier molecular flexibility index (Phi) is 5.06. The lowest BCUT2D eigenvalue weighted by molar-refractivity contribution is -0.122. The number of nitrogens with one attached hydrogen (secondary N) is 1. The summed E-state index contributed by atoms with van der Waals surface area (Å²) >= 11 is 0. The monoisotopic (exact) mass is 265 g/mol. The molecule has 5 nitrogen and oxygen atoms in total. The third kappa shape index (κ3) is 5.09. The Morgan fingerprint density at radius 2 is 1.79 bits per heavy atom. The number of benzene rings is 1. The van der Waals surface area contributed by atoms with Gasteiger partial charge in [0.25, 0.3) is 0 Å². The van der Waals surface area contributed by atoms with Crippen LogP contribution < -0.4 is 5.32 Å². The van der Waals surface area contributed by atoms with Crippen LogP contribution in [0.15, 0.2) is 24.3 Å². The SMILES string of the molecule is CC(C)(CCO)NC(=O)Cc1ccc(C(=O)O)cc1. The van der Waals surface area contributed by atoms with E-state index in [0.717, 1.165) is 5.56 Å². The molecule has 0 heterocycles. The van der Waals surface area contributed by atoms with Crippen molar-refractivity contribution in [3.8, 4) is 0 Å². The molecule has 0 bridgehead atoms. The Morgan fingerprint density at radius 1 is 1.21 bits per heavy atom. The molecule has 19 heavy (non-hydrogen) atoms. The van der Waals surface area contributed by atoms with Crippen LogP contribution >= 0.6 is 0 Å². The summed E-state index contributed by atoms with van der Waals surface area (Å²) in [6.45, 7) is 3.70. The molecular formula is C14H19NO4. The number of aliphatic hydroxyl groups excluding tert-OH is 1. The molecule has 5 heteroatoms. The van der Waals surface area contributed by atoms with Crippen LogP contribution in [0.4, 0.5) is 0 Å². The molecule has 1 aromatic rings. The van der Waals surface area contributed by atoms with E-state index in [2.05, 4.69) is 5.32 Å². The van der Waals surface area contributed by atoms with Crippen molar-refractivity contribution in [1.82, 2.24) is 5.32 Å². The number of carbonyl (C=O) groups excluding carboxylic acids is 1. The lowest BCUT2D eigenvalue weighted by atomic mass is 10.0. The Labute approximate surface area is 112 Å². The number of aliphatic hydroxyl groups is 1. The summed E-state index contributed by atoms with van der Waals surface area (Å²) in [4.78, 5) is 22.5. The highest BCUT2D eigenvalue weighted by Crippen LogP contribution is 2.09. The van der Waals surface area contributed by atoms with Crippen LogP contribution in [0.25, 0.3) is 0 Å². The molecule has 0 saturated heterocycles. The van der Waals surface area contributed by atoms with Crippen molar-refractivity contribution in [3.63, 3.8) is 0 Å². The van der Waals surface area contributed by atoms with Gasteiger partial charge < -0.3 is 15.5 Å². The number of aromatic carboxylic acids is 1. The van der Waals surface area contributed by atoms with E-state index >= 15 is 0 Å². The summed E-state index contributed by atoms with van der Waals surface area (Å²) in [7, 11) is 0. The zero-order valence-corrected chi connectivity index (χ0v) is 11.1. The van der Waals surface area contributed by atoms with Crippen LogP contribution in [-0.2, 0) is 11.2 Å². The van der Waals surface area contributed by atoms with Crippen molar-refractivity contribution in [2.24, 2.45) is 0 Å². The van der Waals surface area contributed by atoms with Crippen molar-refractivity contribution in [1.29, 1.82) is 0 Å². The van der Waals surface area contributed by atoms with Crippen LogP contribution in [0.3, 0.4) is 0 Å². The Balaban J connectivity index is 2.59. The topological polar surface area (TPSA) is 86.6 Å². The van der Waals surface area contributed by atoms with Crippen LogP contribution in [0.5, 0.6) is 0 Å². The summed E-state index contributed by atoms with van der Waals surface area (Å²) in [6, 6.07) is 6.21. The Hall–Kier alpha value is -1.88. The molecule has 0 aromatic heterocycles. The summed E-state index contributed by atoms with van der Waals surface area (Å²) in [5, 5.41) is 20.5. The van der Waals surface area contributed by atoms with E-state index < -0.39 is 11.5 Å². The number of hydrogen-bond acceptors (Lipinski definition) is 3. The van der Waals surface area contributed by atoms with Gasteiger partial charge in [-0.1, -0.05) is 12.1 Å². The first kappa shape index (κ1) is 15.2. The average molecular weight is 265 g/mol. The molecule has 0 radical (unpaired) electrons. The molecule has 104 valence electrons. The van der Waals surface area contributed by atoms with Crippen molar-refractivity contribution in [3.05, 3.63) is 35.4 Å². The number of hydrogen-bond donors (Lipinski definition) is 3. The molecule has 0 saturated carbocycles. The maximum atomic E-state index is 11.8. The van der Waals surface area contributed by atoms with Crippen molar-refractivity contribution < 1.29 is 19.8 Å². The summed E-state index contributed by atoms with van der Waals surface area (Å²) < 4.78 is 0. The number of carbonyl (C=O) groups is 2. The van der Waals surface area contributed by atoms with E-state index in [1.807, 2.05) is 13.8 Å². The average Bonchev–Trinajstić information content (AvgIpc) is 2.28. The van der Waals surface area contributed by atoms with Crippen LogP contribution in [0, 0.1) is 0 Å². The van der Waals surface area contributed by atoms with Crippen molar-refractivity contribution in [2.45, 2.75) is 32.2 Å². The van der Waals surface area contributed by atoms with Gasteiger partial charge >= 0.3 is 5.97 Å². The molecular weight excluding hydrogens is 246 g/mol. The normalized spacial score (nSPS) is 11.1. The van der Waals surface area contributed by atoms with E-state index in [-0.39, 0.29) is 24.5 Å². The second-order valence-electron chi connectivity index (χ2n) is 5.08. The Bertz CT molecular complexity index is 451. The van der Waals surface area contributed by atoms with E-state index in [1.165, 1.54) is 12.1 Å². The molecule has 1 rings (SSSR count). The number of rotatable bonds is 6. The second kappa shape index (κ2) is 6.33. The molecule has 0 aliphatic carbocycles. The molecule has 1 amide bonds. The summed E-state index contributed by atoms with van der Waals surface area (Å²) in [5.74, 6) is -1.14. The van der Waals surface area contributed by atoms with E-state index in [9.17, 15) is 9.59 Å². The quantitative estimate of drug-likeness (QED) is 0.721. The molecule has 0 atom stereocenters. The third-order valence-corrected chi connectivity index (χ3v) is 2.78. The predicted molar refractivity (Wildman–Crippen MR) is 71.0 cm³/mol. The highest BCUT2D eigenvalue weighted by atomic mass is 16.4. The molecule has 0 aliphatic rings. The predicted octanol–water partition coefficient (Wildman–Crippen LogP) is 1.20. The minimum Gasteiger partial charge on any atom is -0.478 e. The van der Waals surface area contributed by atoms with E-state index in [4.69, 9.17) is 10.2 Å². The van der Waals surface area contributed by atoms with Crippen molar-refractivity contribution >= 4 is 11.9 Å². The maximum Gasteiger partial charge on any atom is 0.335 e. The number of carboxylic acid groups (broad SMARTS) is 1. The number of carboxylic acids is 1. The maximum absolute atomic E-state index is 11.8. The van der Waals surface area contributed by atoms with Gasteiger partial charge in [0.05, 0.1) is 12.0 Å². The van der Waals surface area contributed by atoms with Crippen LogP contribution in [0.1, 0.15) is 36.2 Å². The van der Waals surface area contributed by atoms with Crippen LogP contribution in [-0.4, -0.2) is 34.2 Å². The first-order chi connectivity index (χ1) is 8.84. The molecule has 0 spiro atoms. The lowest BCUT2D eigenvalue weighted by Crippen LogP contribution is -2.44. The van der Waals surface area contributed by atoms with E-state index in [1.54, 1.807) is 12.1 Å². The molecule has 0 aliphatic heterocycles. The zero-order chi connectivity index (χ0) is 14.5. The zero-order valence-electron chi connectivity index (χ0n) is 11.1. The third-order valence-electron chi connectivity index (χ3n) is 2.78. The van der Waals surface area contributed by atoms with Gasteiger partial charge in [0.15, 0.2) is 0 Å². The lowest BCUT2D eigenvalue weighted by Gasteiger charge is -2.25. The van der Waals surface area contributed by atoms with Gasteiger partial charge in [0.1, 0.15) is 0 Å². The van der Waals surface area contributed by atoms with Gasteiger partial charge in [0, 0.05) is 12.1 Å². The standard InChI is InChI=1S/C14H19NO4/c1-14(2,7-8-16)15-12(17)9-10-3-5-11(6-4-10)13(18)19/h3-6,16H,7-9H2,1-2H3,(H,15,17)(H,18,19). The summed E-state index contributed by atoms with van der Waals surface area (Å²) in [5.41, 5.74) is 0.499. The first-order valence-corrected chi connectivity index (χ1v) is 6.08. The molecule has 3 N–H and O–H groups in total. The fourth-order valence-corrected chi connectivity index (χ4v) is 1.71. The van der Waals surface area contributed by atoms with Gasteiger partial charge in [-0.3, -0.25) is 4.79 Å². The van der Waals surface area contributed by atoms with Gasteiger partial charge in [-0.2, -0.15) is 0 Å². The molecule has 0 unspecified atom stereocenters. The van der Waals surface area contributed by atoms with Gasteiger partial charge in [0.2, 0.25) is 5.91 Å². The van der Waals surface area contributed by atoms with Gasteiger partial charge in [-0.25, -0.2) is 4.79 Å². The smallest absolute Gasteiger partial charge is 0.335 e. The summed E-state index contributed by atoms with van der Waals surface area (Å²) in [6.07, 6.45) is 0.672. The van der Waals surface area contributed by atoms with Crippen molar-refractivity contribution in [2.75, 3.05) is 6.61 Å². The first-order valence-electron chi connectivity index (χ1n) is 6.08. The van der Waals surface area contributed by atoms with Crippen LogP contribution in [0.2, 0.25) is 0 Å². The molecule has 1 aromatic carbocycles. The fraction of sp³-hybridized carbons (Fsp3) is 0.429. The van der Waals surface area contributed by atoms with Gasteiger partial charge in [-0.05, 0) is 38.0 Å². The minimum absolute atomic E-state index is 0.0145. The number of amides is 1. The van der Waals surface area contributed by atoms with E-state index in [0.29, 0.717) is 6.42 Å². The largest absolute Gasteiger partial charge is 0.478 e. The minimum atomic E-state index is -0.986. The highest BCUT2D eigenvalue weighted by molar-refractivity contribution is 5.87. The highest BCUT2D eigenvalue weighted by Gasteiger charge is 2.19. The van der Waals surface area contributed by atoms with Gasteiger partial charge in [-0.15, -0.1) is 0 Å². The second-order valence-corrected chi connectivity index (χ2v) is 5.08. The fourth-order valence-electron chi connectivity index (χ4n) is 1.71. The Morgan fingerprint density at radius 3 is 2.26 bits per heavy atom.